The quantitative estimate of drug-likeness (QED) is 0.750. The van der Waals surface area contributed by atoms with Crippen LogP contribution >= 0.6 is 0 Å². The van der Waals surface area contributed by atoms with Crippen molar-refractivity contribution in [2.45, 2.75) is 33.2 Å². The van der Waals surface area contributed by atoms with E-state index in [1.165, 1.54) is 0 Å². The minimum atomic E-state index is -0.0936. The molecule has 0 unspecified atom stereocenters. The van der Waals surface area contributed by atoms with Crippen molar-refractivity contribution in [1.29, 1.82) is 0 Å². The predicted molar refractivity (Wildman–Crippen MR) is 113 cm³/mol. The molecule has 0 N–H and O–H groups in total. The maximum Gasteiger partial charge on any atom is 0.319 e. The SMILES string of the molecule is CCN(CC)C(=O)N1CCC(Cn2nc(-c3ccc(OC)cc3)ccc2=O)CC1. The number of hydrogen-bond acceptors (Lipinski definition) is 4. The van der Waals surface area contributed by atoms with Gasteiger partial charge in [-0.1, -0.05) is 0 Å². The first-order valence-corrected chi connectivity index (χ1v) is 10.3. The fraction of sp³-hybridized carbons (Fsp3) is 0.500. The summed E-state index contributed by atoms with van der Waals surface area (Å²) in [6, 6.07) is 11.1. The number of carbonyl (C=O) groups is 1. The lowest BCUT2D eigenvalue weighted by molar-refractivity contribution is 0.131. The lowest BCUT2D eigenvalue weighted by atomic mass is 9.97. The summed E-state index contributed by atoms with van der Waals surface area (Å²) in [5.74, 6) is 1.13. The first kappa shape index (κ1) is 20.9. The lowest BCUT2D eigenvalue weighted by Crippen LogP contribution is -2.47. The average Bonchev–Trinajstić information content (AvgIpc) is 2.76. The van der Waals surface area contributed by atoms with Crippen LogP contribution in [-0.4, -0.2) is 58.9 Å². The van der Waals surface area contributed by atoms with E-state index >= 15 is 0 Å². The van der Waals surface area contributed by atoms with Crippen molar-refractivity contribution in [3.05, 3.63) is 46.8 Å². The van der Waals surface area contributed by atoms with E-state index in [0.29, 0.717) is 12.5 Å². The van der Waals surface area contributed by atoms with Gasteiger partial charge in [0.2, 0.25) is 0 Å². The first-order valence-electron chi connectivity index (χ1n) is 10.3. The van der Waals surface area contributed by atoms with Crippen LogP contribution < -0.4 is 10.3 Å². The van der Waals surface area contributed by atoms with Crippen LogP contribution in [0.25, 0.3) is 11.3 Å². The summed E-state index contributed by atoms with van der Waals surface area (Å²) in [6.07, 6.45) is 1.77. The van der Waals surface area contributed by atoms with Gasteiger partial charge in [0.1, 0.15) is 5.75 Å². The normalized spacial score (nSPS) is 14.7. The monoisotopic (exact) mass is 398 g/mol. The highest BCUT2D eigenvalue weighted by molar-refractivity contribution is 5.74. The highest BCUT2D eigenvalue weighted by atomic mass is 16.5. The van der Waals surface area contributed by atoms with Gasteiger partial charge in [-0.3, -0.25) is 4.79 Å². The van der Waals surface area contributed by atoms with E-state index in [0.717, 1.165) is 56.0 Å². The zero-order valence-corrected chi connectivity index (χ0v) is 17.5. The average molecular weight is 399 g/mol. The number of urea groups is 1. The molecule has 156 valence electrons. The summed E-state index contributed by atoms with van der Waals surface area (Å²) in [5, 5.41) is 4.58. The second-order valence-electron chi connectivity index (χ2n) is 7.35. The number of carbonyl (C=O) groups excluding carboxylic acids is 1. The Morgan fingerprint density at radius 2 is 1.76 bits per heavy atom. The van der Waals surface area contributed by atoms with E-state index < -0.39 is 0 Å². The summed E-state index contributed by atoms with van der Waals surface area (Å²) in [7, 11) is 1.63. The number of nitrogens with zero attached hydrogens (tertiary/aromatic N) is 4. The maximum absolute atomic E-state index is 12.5. The van der Waals surface area contributed by atoms with Crippen LogP contribution in [0.15, 0.2) is 41.2 Å². The van der Waals surface area contributed by atoms with Crippen molar-refractivity contribution in [3.8, 4) is 17.0 Å². The van der Waals surface area contributed by atoms with E-state index in [4.69, 9.17) is 4.74 Å². The van der Waals surface area contributed by atoms with Crippen molar-refractivity contribution in [2.24, 2.45) is 5.92 Å². The third-order valence-corrected chi connectivity index (χ3v) is 5.60. The van der Waals surface area contributed by atoms with E-state index in [2.05, 4.69) is 5.10 Å². The molecule has 2 amide bonds. The molecule has 0 spiro atoms. The molecule has 0 radical (unpaired) electrons. The van der Waals surface area contributed by atoms with Crippen LogP contribution in [0.4, 0.5) is 4.79 Å². The highest BCUT2D eigenvalue weighted by Crippen LogP contribution is 2.22. The van der Waals surface area contributed by atoms with Gasteiger partial charge in [0.05, 0.1) is 12.8 Å². The molecule has 0 atom stereocenters. The van der Waals surface area contributed by atoms with Crippen LogP contribution in [0.3, 0.4) is 0 Å². The number of ether oxygens (including phenoxy) is 1. The van der Waals surface area contributed by atoms with Gasteiger partial charge in [-0.25, -0.2) is 9.48 Å². The molecule has 0 bridgehead atoms. The van der Waals surface area contributed by atoms with Gasteiger partial charge < -0.3 is 14.5 Å². The molecule has 1 aliphatic heterocycles. The summed E-state index contributed by atoms with van der Waals surface area (Å²) < 4.78 is 6.76. The van der Waals surface area contributed by atoms with Crippen LogP contribution in [-0.2, 0) is 6.54 Å². The molecule has 0 aliphatic carbocycles. The van der Waals surface area contributed by atoms with Gasteiger partial charge in [-0.2, -0.15) is 5.10 Å². The van der Waals surface area contributed by atoms with Crippen molar-refractivity contribution in [1.82, 2.24) is 19.6 Å². The van der Waals surface area contributed by atoms with Crippen molar-refractivity contribution in [2.75, 3.05) is 33.3 Å². The Hall–Kier alpha value is -2.83. The Morgan fingerprint density at radius 1 is 1.10 bits per heavy atom. The first-order chi connectivity index (χ1) is 14.0. The van der Waals surface area contributed by atoms with Gasteiger partial charge in [-0.05, 0) is 62.9 Å². The fourth-order valence-corrected chi connectivity index (χ4v) is 3.74. The molecular formula is C22H30N4O3. The summed E-state index contributed by atoms with van der Waals surface area (Å²) in [4.78, 5) is 28.6. The number of aromatic nitrogens is 2. The van der Waals surface area contributed by atoms with Crippen LogP contribution in [0.2, 0.25) is 0 Å². The second kappa shape index (κ2) is 9.58. The predicted octanol–water partition coefficient (Wildman–Crippen LogP) is 3.09. The molecule has 3 rings (SSSR count). The fourth-order valence-electron chi connectivity index (χ4n) is 3.74. The summed E-state index contributed by atoms with van der Waals surface area (Å²) >= 11 is 0. The number of methoxy groups -OCH3 is 1. The van der Waals surface area contributed by atoms with E-state index in [1.807, 2.05) is 47.9 Å². The minimum Gasteiger partial charge on any atom is -0.497 e. The standard InChI is InChI=1S/C22H30N4O3/c1-4-24(5-2)22(28)25-14-12-17(13-15-25)16-26-21(27)11-10-20(23-26)18-6-8-19(29-3)9-7-18/h6-11,17H,4-5,12-16H2,1-3H3. The molecule has 1 aromatic carbocycles. The van der Waals surface area contributed by atoms with E-state index in [9.17, 15) is 9.59 Å². The Kier molecular flexibility index (Phi) is 6.90. The zero-order chi connectivity index (χ0) is 20.8. The molecule has 7 heteroatoms. The van der Waals surface area contributed by atoms with E-state index in [-0.39, 0.29) is 11.6 Å². The Morgan fingerprint density at radius 3 is 2.34 bits per heavy atom. The number of likely N-dealkylation sites (tertiary alicyclic amines) is 1. The van der Waals surface area contributed by atoms with Crippen molar-refractivity contribution < 1.29 is 9.53 Å². The van der Waals surface area contributed by atoms with Crippen molar-refractivity contribution >= 4 is 6.03 Å². The van der Waals surface area contributed by atoms with Crippen LogP contribution in [0.5, 0.6) is 5.75 Å². The lowest BCUT2D eigenvalue weighted by Gasteiger charge is -2.35. The Balaban J connectivity index is 1.65. The van der Waals surface area contributed by atoms with Gasteiger partial charge in [-0.15, -0.1) is 0 Å². The third-order valence-electron chi connectivity index (χ3n) is 5.60. The number of hydrogen-bond donors (Lipinski definition) is 0. The Bertz CT molecular complexity index is 866. The van der Waals surface area contributed by atoms with Crippen molar-refractivity contribution in [3.63, 3.8) is 0 Å². The molecule has 29 heavy (non-hydrogen) atoms. The molecule has 1 aromatic heterocycles. The highest BCUT2D eigenvalue weighted by Gasteiger charge is 2.25. The molecule has 1 aliphatic rings. The molecule has 1 saturated heterocycles. The number of piperidine rings is 1. The third kappa shape index (κ3) is 4.96. The van der Waals surface area contributed by atoms with Gasteiger partial charge in [0.15, 0.2) is 0 Å². The van der Waals surface area contributed by atoms with Crippen LogP contribution in [0, 0.1) is 5.92 Å². The number of amides is 2. The van der Waals surface area contributed by atoms with Gasteiger partial charge in [0, 0.05) is 44.4 Å². The number of rotatable bonds is 6. The molecule has 0 saturated carbocycles. The molecule has 2 aromatic rings. The maximum atomic E-state index is 12.5. The zero-order valence-electron chi connectivity index (χ0n) is 17.5. The van der Waals surface area contributed by atoms with E-state index in [1.54, 1.807) is 23.9 Å². The largest absolute Gasteiger partial charge is 0.497 e. The molecule has 1 fully saturated rings. The minimum absolute atomic E-state index is 0.0936. The summed E-state index contributed by atoms with van der Waals surface area (Å²) in [5.41, 5.74) is 1.62. The Labute approximate surface area is 171 Å². The van der Waals surface area contributed by atoms with Gasteiger partial charge in [0.25, 0.3) is 5.56 Å². The van der Waals surface area contributed by atoms with Gasteiger partial charge >= 0.3 is 6.03 Å². The molecule has 2 heterocycles. The topological polar surface area (TPSA) is 67.7 Å². The smallest absolute Gasteiger partial charge is 0.319 e. The molecular weight excluding hydrogens is 368 g/mol. The van der Waals surface area contributed by atoms with Crippen LogP contribution in [0.1, 0.15) is 26.7 Å². The summed E-state index contributed by atoms with van der Waals surface area (Å²) in [6.45, 7) is 7.50. The molecule has 7 nitrogen and oxygen atoms in total. The second-order valence-corrected chi connectivity index (χ2v) is 7.35. The number of benzene rings is 1.